The number of para-hydroxylation sites is 1. The second-order valence-corrected chi connectivity index (χ2v) is 7.05. The predicted molar refractivity (Wildman–Crippen MR) is 122 cm³/mol. The van der Waals surface area contributed by atoms with Gasteiger partial charge in [0.2, 0.25) is 5.75 Å². The fourth-order valence-electron chi connectivity index (χ4n) is 3.52. The van der Waals surface area contributed by atoms with E-state index < -0.39 is 5.97 Å². The van der Waals surface area contributed by atoms with Gasteiger partial charge >= 0.3 is 5.97 Å². The summed E-state index contributed by atoms with van der Waals surface area (Å²) in [6, 6.07) is 22.4. The Morgan fingerprint density at radius 3 is 2.12 bits per heavy atom. The molecular formula is C26H23NO5. The molecule has 0 saturated carbocycles. The molecule has 0 unspecified atom stereocenters. The average molecular weight is 429 g/mol. The number of ether oxygens (including phenoxy) is 4. The number of carbonyl (C=O) groups is 1. The Kier molecular flexibility index (Phi) is 6.22. The molecule has 0 radical (unpaired) electrons. The fraction of sp³-hybridized carbons (Fsp3) is 0.154. The van der Waals surface area contributed by atoms with E-state index in [2.05, 4.69) is 0 Å². The lowest BCUT2D eigenvalue weighted by Gasteiger charge is -2.15. The van der Waals surface area contributed by atoms with Gasteiger partial charge in [-0.25, -0.2) is 9.78 Å². The summed E-state index contributed by atoms with van der Waals surface area (Å²) in [5.41, 5.74) is 3.36. The van der Waals surface area contributed by atoms with E-state index in [1.54, 1.807) is 39.5 Å². The Bertz CT molecular complexity index is 1230. The molecule has 0 amide bonds. The molecule has 0 atom stereocenters. The van der Waals surface area contributed by atoms with Crippen molar-refractivity contribution in [2.45, 2.75) is 6.61 Å². The van der Waals surface area contributed by atoms with E-state index in [1.165, 1.54) is 0 Å². The van der Waals surface area contributed by atoms with Crippen molar-refractivity contribution in [1.82, 2.24) is 4.98 Å². The predicted octanol–water partition coefficient (Wildman–Crippen LogP) is 5.28. The molecule has 4 aromatic rings. The molecule has 0 fully saturated rings. The van der Waals surface area contributed by atoms with Crippen molar-refractivity contribution in [1.29, 1.82) is 0 Å². The molecule has 0 saturated heterocycles. The molecule has 1 aromatic heterocycles. The summed E-state index contributed by atoms with van der Waals surface area (Å²) in [6.07, 6.45) is 0. The van der Waals surface area contributed by atoms with Crippen LogP contribution in [-0.2, 0) is 11.3 Å². The van der Waals surface area contributed by atoms with Crippen molar-refractivity contribution in [3.63, 3.8) is 0 Å². The highest BCUT2D eigenvalue weighted by atomic mass is 16.5. The summed E-state index contributed by atoms with van der Waals surface area (Å²) < 4.78 is 22.0. The van der Waals surface area contributed by atoms with E-state index in [1.807, 2.05) is 54.6 Å². The molecule has 0 aliphatic heterocycles. The molecule has 32 heavy (non-hydrogen) atoms. The monoisotopic (exact) mass is 429 g/mol. The summed E-state index contributed by atoms with van der Waals surface area (Å²) in [4.78, 5) is 17.8. The van der Waals surface area contributed by atoms with Crippen molar-refractivity contribution >= 4 is 16.9 Å². The van der Waals surface area contributed by atoms with Gasteiger partial charge in [0, 0.05) is 10.9 Å². The Hall–Kier alpha value is -4.06. The van der Waals surface area contributed by atoms with Crippen LogP contribution < -0.4 is 14.2 Å². The smallest absolute Gasteiger partial charge is 0.339 e. The van der Waals surface area contributed by atoms with Gasteiger partial charge in [-0.15, -0.1) is 0 Å². The SMILES string of the molecule is COc1cc(-c2cc(C(=O)OCc3ccccc3)c3ccccc3n2)cc(OC)c1OC. The molecule has 0 bridgehead atoms. The van der Waals surface area contributed by atoms with E-state index in [9.17, 15) is 4.79 Å². The van der Waals surface area contributed by atoms with Crippen LogP contribution in [0.1, 0.15) is 15.9 Å². The second kappa shape index (κ2) is 9.39. The lowest BCUT2D eigenvalue weighted by Crippen LogP contribution is -2.07. The second-order valence-electron chi connectivity index (χ2n) is 7.05. The minimum atomic E-state index is -0.416. The summed E-state index contributed by atoms with van der Waals surface area (Å²) in [7, 11) is 4.66. The van der Waals surface area contributed by atoms with Crippen molar-refractivity contribution < 1.29 is 23.7 Å². The number of esters is 1. The highest BCUT2D eigenvalue weighted by Crippen LogP contribution is 2.41. The standard InChI is InChI=1S/C26H23NO5/c1-29-23-13-18(14-24(30-2)25(23)31-3)22-15-20(19-11-7-8-12-21(19)27-22)26(28)32-16-17-9-5-4-6-10-17/h4-15H,16H2,1-3H3. The molecule has 0 aliphatic rings. The Balaban J connectivity index is 1.78. The fourth-order valence-corrected chi connectivity index (χ4v) is 3.52. The first-order valence-corrected chi connectivity index (χ1v) is 10.1. The maximum Gasteiger partial charge on any atom is 0.339 e. The lowest BCUT2D eigenvalue weighted by molar-refractivity contribution is 0.0475. The summed E-state index contributed by atoms with van der Waals surface area (Å²) >= 11 is 0. The number of methoxy groups -OCH3 is 3. The van der Waals surface area contributed by atoms with Crippen LogP contribution in [0.2, 0.25) is 0 Å². The van der Waals surface area contributed by atoms with Crippen molar-refractivity contribution in [3.8, 4) is 28.5 Å². The van der Waals surface area contributed by atoms with Gasteiger partial charge in [-0.3, -0.25) is 0 Å². The van der Waals surface area contributed by atoms with E-state index >= 15 is 0 Å². The zero-order chi connectivity index (χ0) is 22.5. The van der Waals surface area contributed by atoms with Gasteiger partial charge in [0.15, 0.2) is 11.5 Å². The zero-order valence-electron chi connectivity index (χ0n) is 18.1. The summed E-state index contributed by atoms with van der Waals surface area (Å²) in [5, 5.41) is 0.724. The van der Waals surface area contributed by atoms with Crippen molar-refractivity contribution in [2.75, 3.05) is 21.3 Å². The van der Waals surface area contributed by atoms with Crippen LogP contribution in [0.15, 0.2) is 72.8 Å². The molecule has 162 valence electrons. The topological polar surface area (TPSA) is 66.9 Å². The van der Waals surface area contributed by atoms with E-state index in [-0.39, 0.29) is 6.61 Å². The molecule has 0 spiro atoms. The minimum Gasteiger partial charge on any atom is -0.493 e. The van der Waals surface area contributed by atoms with Gasteiger partial charge in [0.1, 0.15) is 6.61 Å². The highest BCUT2D eigenvalue weighted by molar-refractivity contribution is 6.04. The molecule has 6 nitrogen and oxygen atoms in total. The maximum absolute atomic E-state index is 13.0. The van der Waals surface area contributed by atoms with Gasteiger partial charge in [0.25, 0.3) is 0 Å². The Morgan fingerprint density at radius 1 is 0.812 bits per heavy atom. The van der Waals surface area contributed by atoms with Crippen molar-refractivity contribution in [3.05, 3.63) is 83.9 Å². The van der Waals surface area contributed by atoms with Gasteiger partial charge in [-0.2, -0.15) is 0 Å². The molecule has 1 heterocycles. The number of nitrogens with zero attached hydrogens (tertiary/aromatic N) is 1. The first kappa shape index (κ1) is 21.2. The molecular weight excluding hydrogens is 406 g/mol. The van der Waals surface area contributed by atoms with Crippen LogP contribution in [0.3, 0.4) is 0 Å². The number of aromatic nitrogens is 1. The third-order valence-corrected chi connectivity index (χ3v) is 5.11. The summed E-state index contributed by atoms with van der Waals surface area (Å²) in [5.74, 6) is 1.08. The number of hydrogen-bond donors (Lipinski definition) is 0. The normalized spacial score (nSPS) is 10.6. The highest BCUT2D eigenvalue weighted by Gasteiger charge is 2.19. The lowest BCUT2D eigenvalue weighted by atomic mass is 10.0. The molecule has 0 aliphatic carbocycles. The third kappa shape index (κ3) is 4.21. The van der Waals surface area contributed by atoms with E-state index in [0.717, 1.165) is 16.5 Å². The Labute approximate surface area is 186 Å². The Morgan fingerprint density at radius 2 is 1.47 bits per heavy atom. The minimum absolute atomic E-state index is 0.190. The first-order chi connectivity index (χ1) is 15.6. The number of pyridine rings is 1. The van der Waals surface area contributed by atoms with Crippen LogP contribution in [0, 0.1) is 0 Å². The quantitative estimate of drug-likeness (QED) is 0.372. The van der Waals surface area contributed by atoms with Crippen LogP contribution in [0.4, 0.5) is 0 Å². The van der Waals surface area contributed by atoms with Gasteiger partial charge in [-0.05, 0) is 29.8 Å². The molecule has 3 aromatic carbocycles. The third-order valence-electron chi connectivity index (χ3n) is 5.11. The first-order valence-electron chi connectivity index (χ1n) is 10.1. The molecule has 4 rings (SSSR count). The zero-order valence-corrected chi connectivity index (χ0v) is 18.1. The van der Waals surface area contributed by atoms with Crippen LogP contribution in [0.25, 0.3) is 22.2 Å². The average Bonchev–Trinajstić information content (AvgIpc) is 2.86. The number of rotatable bonds is 7. The molecule has 0 N–H and O–H groups in total. The van der Waals surface area contributed by atoms with Gasteiger partial charge in [0.05, 0.1) is 38.1 Å². The number of carbonyl (C=O) groups excluding carboxylic acids is 1. The van der Waals surface area contributed by atoms with E-state index in [0.29, 0.717) is 34.0 Å². The molecule has 6 heteroatoms. The van der Waals surface area contributed by atoms with Crippen molar-refractivity contribution in [2.24, 2.45) is 0 Å². The van der Waals surface area contributed by atoms with Crippen LogP contribution in [0.5, 0.6) is 17.2 Å². The maximum atomic E-state index is 13.0. The largest absolute Gasteiger partial charge is 0.493 e. The van der Waals surface area contributed by atoms with E-state index in [4.69, 9.17) is 23.9 Å². The number of benzene rings is 3. The van der Waals surface area contributed by atoms with Crippen LogP contribution in [-0.4, -0.2) is 32.3 Å². The summed E-state index contributed by atoms with van der Waals surface area (Å²) in [6.45, 7) is 0.190. The van der Waals surface area contributed by atoms with Gasteiger partial charge < -0.3 is 18.9 Å². The van der Waals surface area contributed by atoms with Crippen LogP contribution >= 0.6 is 0 Å². The number of hydrogen-bond acceptors (Lipinski definition) is 6. The number of fused-ring (bicyclic) bond motifs is 1. The van der Waals surface area contributed by atoms with Gasteiger partial charge in [-0.1, -0.05) is 48.5 Å².